The van der Waals surface area contributed by atoms with Crippen molar-refractivity contribution in [1.82, 2.24) is 20.9 Å². The van der Waals surface area contributed by atoms with E-state index in [-0.39, 0.29) is 30.4 Å². The normalized spacial score (nSPS) is 16.5. The van der Waals surface area contributed by atoms with E-state index in [2.05, 4.69) is 25.7 Å². The Morgan fingerprint density at radius 2 is 1.80 bits per heavy atom. The van der Waals surface area contributed by atoms with Crippen LogP contribution >= 0.6 is 0 Å². The molecule has 1 aliphatic heterocycles. The van der Waals surface area contributed by atoms with Gasteiger partial charge in [0.15, 0.2) is 12.4 Å². The number of benzene rings is 2. The van der Waals surface area contributed by atoms with E-state index in [0.717, 1.165) is 5.56 Å². The van der Waals surface area contributed by atoms with Gasteiger partial charge in [0.05, 0.1) is 13.2 Å². The van der Waals surface area contributed by atoms with E-state index in [9.17, 15) is 24.0 Å². The number of carbonyl (C=O) groups excluding carboxylic acids is 4. The van der Waals surface area contributed by atoms with Crippen LogP contribution in [0.2, 0.25) is 0 Å². The second-order valence-corrected chi connectivity index (χ2v) is 11.3. The summed E-state index contributed by atoms with van der Waals surface area (Å²) in [4.78, 5) is 67.7. The summed E-state index contributed by atoms with van der Waals surface area (Å²) in [6.45, 7) is 3.39. The highest BCUT2D eigenvalue weighted by Gasteiger charge is 2.42. The number of Topliss-reactive ketones (excluding diaryl/α,β-unsaturated/α-hetero) is 1. The molecular formula is C32H38N4O8. The summed E-state index contributed by atoms with van der Waals surface area (Å²) in [5.41, 5.74) is 1.74. The number of nitrogens with one attached hydrogen (secondary N) is 4. The largest absolute Gasteiger partial charge is 0.506 e. The molecule has 2 heterocycles. The summed E-state index contributed by atoms with van der Waals surface area (Å²) < 4.78 is 9.97. The Balaban J connectivity index is 1.63. The number of aromatic nitrogens is 1. The molecule has 1 unspecified atom stereocenters. The molecule has 4 atom stereocenters. The minimum Gasteiger partial charge on any atom is -0.496 e. The minimum absolute atomic E-state index is 0.0147. The Hall–Kier alpha value is -4.87. The second-order valence-electron chi connectivity index (χ2n) is 11.3. The third-order valence-corrected chi connectivity index (χ3v) is 7.75. The zero-order chi connectivity index (χ0) is 31.8. The van der Waals surface area contributed by atoms with Gasteiger partial charge in [0.1, 0.15) is 17.5 Å². The predicted octanol–water partition coefficient (Wildman–Crippen LogP) is 3.06. The van der Waals surface area contributed by atoms with E-state index in [1.54, 1.807) is 24.3 Å². The number of aromatic amines is 1. The van der Waals surface area contributed by atoms with Crippen molar-refractivity contribution in [2.45, 2.75) is 45.2 Å². The van der Waals surface area contributed by atoms with Gasteiger partial charge in [0, 0.05) is 29.3 Å². The molecule has 5 N–H and O–H groups in total. The number of hydrogen-bond donors (Lipinski definition) is 5. The molecule has 12 heteroatoms. The molecule has 0 saturated carbocycles. The fourth-order valence-corrected chi connectivity index (χ4v) is 5.67. The molecule has 4 rings (SSSR count). The Morgan fingerprint density at radius 3 is 2.43 bits per heavy atom. The predicted molar refractivity (Wildman–Crippen MR) is 161 cm³/mol. The van der Waals surface area contributed by atoms with Gasteiger partial charge in [-0.15, -0.1) is 0 Å². The number of ether oxygens (including phenoxy) is 2. The van der Waals surface area contributed by atoms with Gasteiger partial charge in [-0.05, 0) is 48.9 Å². The number of rotatable bonds is 14. The zero-order valence-corrected chi connectivity index (χ0v) is 24.9. The van der Waals surface area contributed by atoms with Crippen molar-refractivity contribution < 1.29 is 38.6 Å². The third-order valence-electron chi connectivity index (χ3n) is 7.75. The molecule has 2 aromatic carbocycles. The molecule has 3 aromatic rings. The highest BCUT2D eigenvalue weighted by Crippen LogP contribution is 2.29. The summed E-state index contributed by atoms with van der Waals surface area (Å²) in [6, 6.07) is 13.9. The molecule has 234 valence electrons. The number of carboxylic acid groups (broad SMARTS) is 1. The molecule has 44 heavy (non-hydrogen) atoms. The molecule has 0 aliphatic carbocycles. The average molecular weight is 607 g/mol. The lowest BCUT2D eigenvalue weighted by atomic mass is 9.78. The van der Waals surface area contributed by atoms with Crippen molar-refractivity contribution in [1.29, 1.82) is 0 Å². The molecule has 1 saturated heterocycles. The first-order valence-electron chi connectivity index (χ1n) is 14.5. The zero-order valence-electron chi connectivity index (χ0n) is 24.9. The number of ketones is 1. The van der Waals surface area contributed by atoms with E-state index in [1.165, 1.54) is 7.11 Å². The van der Waals surface area contributed by atoms with E-state index in [4.69, 9.17) is 9.84 Å². The van der Waals surface area contributed by atoms with Crippen molar-refractivity contribution >= 4 is 40.6 Å². The fraction of sp³-hybridized carbons (Fsp3) is 0.406. The lowest BCUT2D eigenvalue weighted by Crippen LogP contribution is -2.56. The van der Waals surface area contributed by atoms with E-state index in [1.807, 2.05) is 44.2 Å². The topological polar surface area (TPSA) is 176 Å². The highest BCUT2D eigenvalue weighted by atomic mass is 16.7. The van der Waals surface area contributed by atoms with Crippen molar-refractivity contribution in [3.8, 4) is 5.75 Å². The maximum absolute atomic E-state index is 13.9. The molecule has 1 fully saturated rings. The van der Waals surface area contributed by atoms with E-state index in [0.29, 0.717) is 29.6 Å². The Bertz CT molecular complexity index is 1500. The highest BCUT2D eigenvalue weighted by molar-refractivity contribution is 6.02. The minimum atomic E-state index is -1.64. The first-order valence-corrected chi connectivity index (χ1v) is 14.5. The van der Waals surface area contributed by atoms with Crippen LogP contribution in [0.3, 0.4) is 0 Å². The molecular weight excluding hydrogens is 568 g/mol. The average Bonchev–Trinajstić information content (AvgIpc) is 3.63. The molecule has 1 aliphatic rings. The van der Waals surface area contributed by atoms with Crippen LogP contribution < -0.4 is 20.7 Å². The van der Waals surface area contributed by atoms with Gasteiger partial charge in [-0.3, -0.25) is 19.2 Å². The van der Waals surface area contributed by atoms with Gasteiger partial charge in [-0.1, -0.05) is 50.2 Å². The summed E-state index contributed by atoms with van der Waals surface area (Å²) in [5.74, 6) is -2.86. The van der Waals surface area contributed by atoms with E-state index >= 15 is 0 Å². The summed E-state index contributed by atoms with van der Waals surface area (Å²) in [5, 5.41) is 18.1. The Kier molecular flexibility index (Phi) is 10.6. The Labute approximate surface area is 254 Å². The van der Waals surface area contributed by atoms with Gasteiger partial charge in [-0.25, -0.2) is 4.79 Å². The lowest BCUT2D eigenvalue weighted by molar-refractivity contribution is -0.134. The first kappa shape index (κ1) is 32.1. The first-order chi connectivity index (χ1) is 21.1. The molecule has 12 nitrogen and oxygen atoms in total. The van der Waals surface area contributed by atoms with Crippen LogP contribution in [-0.2, 0) is 25.5 Å². The smallest absolute Gasteiger partial charge is 0.496 e. The number of H-pyrrole nitrogens is 1. The van der Waals surface area contributed by atoms with Crippen molar-refractivity contribution in [3.63, 3.8) is 0 Å². The second kappa shape index (κ2) is 14.5. The SMILES string of the molecule is COc1cccc2[nH]c(C(=O)N[C@@H](CC(C)C)C(=O)N[C@H](C(=O)COC(=O)O)C(Cc3ccccc3)[C@@H]3CCNC3=O)cc12. The molecule has 3 amide bonds. The summed E-state index contributed by atoms with van der Waals surface area (Å²) in [7, 11) is 1.53. The third kappa shape index (κ3) is 7.94. The van der Waals surface area contributed by atoms with Crippen LogP contribution in [0, 0.1) is 17.8 Å². The van der Waals surface area contributed by atoms with Gasteiger partial charge >= 0.3 is 6.16 Å². The molecule has 0 radical (unpaired) electrons. The van der Waals surface area contributed by atoms with Crippen molar-refractivity contribution in [2.24, 2.45) is 17.8 Å². The van der Waals surface area contributed by atoms with Crippen molar-refractivity contribution in [3.05, 3.63) is 65.9 Å². The van der Waals surface area contributed by atoms with Crippen LogP contribution in [0.4, 0.5) is 4.79 Å². The van der Waals surface area contributed by atoms with Crippen LogP contribution in [-0.4, -0.2) is 72.1 Å². The van der Waals surface area contributed by atoms with Crippen LogP contribution in [0.25, 0.3) is 10.9 Å². The molecule has 0 bridgehead atoms. The van der Waals surface area contributed by atoms with Crippen LogP contribution in [0.15, 0.2) is 54.6 Å². The van der Waals surface area contributed by atoms with Crippen molar-refractivity contribution in [2.75, 3.05) is 20.3 Å². The van der Waals surface area contributed by atoms with Gasteiger partial charge < -0.3 is 35.5 Å². The summed E-state index contributed by atoms with van der Waals surface area (Å²) in [6.07, 6.45) is -0.686. The maximum atomic E-state index is 13.9. The maximum Gasteiger partial charge on any atom is 0.506 e. The van der Waals surface area contributed by atoms with Gasteiger partial charge in [-0.2, -0.15) is 0 Å². The molecule has 1 aromatic heterocycles. The van der Waals surface area contributed by atoms with Crippen LogP contribution in [0.5, 0.6) is 5.75 Å². The number of hydrogen-bond acceptors (Lipinski definition) is 7. The standard InChI is InChI=1S/C32H38N4O8/c1-18(2)14-24(35-30(39)25-16-22-23(34-25)10-7-11-27(22)43-3)31(40)36-28(26(37)17-44-32(41)42)21(20-12-13-33-29(20)38)15-19-8-5-4-6-9-19/h4-11,16,18,20-21,24,28,34H,12-15,17H2,1-3H3,(H,33,38)(H,35,39)(H,36,40)(H,41,42)/t20-,21?,24-,28-/m0/s1. The van der Waals surface area contributed by atoms with Gasteiger partial charge in [0.25, 0.3) is 5.91 Å². The lowest BCUT2D eigenvalue weighted by Gasteiger charge is -2.32. The van der Waals surface area contributed by atoms with Crippen LogP contribution in [0.1, 0.15) is 42.7 Å². The Morgan fingerprint density at radius 1 is 1.05 bits per heavy atom. The number of methoxy groups -OCH3 is 1. The fourth-order valence-electron chi connectivity index (χ4n) is 5.67. The monoisotopic (exact) mass is 606 g/mol. The number of fused-ring (bicyclic) bond motifs is 1. The number of carbonyl (C=O) groups is 5. The van der Waals surface area contributed by atoms with Gasteiger partial charge in [0.2, 0.25) is 11.8 Å². The summed E-state index contributed by atoms with van der Waals surface area (Å²) >= 11 is 0. The molecule has 0 spiro atoms. The quantitative estimate of drug-likeness (QED) is 0.174. The van der Waals surface area contributed by atoms with E-state index < -0.39 is 54.3 Å². The number of amides is 3.